The third kappa shape index (κ3) is 2.87. The second-order valence-electron chi connectivity index (χ2n) is 2.63. The first-order valence-corrected chi connectivity index (χ1v) is 4.94. The monoisotopic (exact) mass is 187 g/mol. The van der Waals surface area contributed by atoms with Crippen molar-refractivity contribution in [1.82, 2.24) is 4.98 Å². The van der Waals surface area contributed by atoms with Crippen LogP contribution < -0.4 is 0 Å². The number of hydrogen-bond donors (Lipinski definition) is 1. The Morgan fingerprint density at radius 1 is 1.75 bits per heavy atom. The van der Waals surface area contributed by atoms with Crippen LogP contribution in [0, 0.1) is 6.92 Å². The molecule has 1 atom stereocenters. The second kappa shape index (κ2) is 4.52. The average Bonchev–Trinajstić information content (AvgIpc) is 2.47. The summed E-state index contributed by atoms with van der Waals surface area (Å²) in [6.07, 6.45) is 2.12. The van der Waals surface area contributed by atoms with E-state index in [2.05, 4.69) is 4.98 Å². The van der Waals surface area contributed by atoms with Crippen LogP contribution in [0.1, 0.15) is 19.0 Å². The maximum Gasteiger partial charge on any atom is 0.255 e. The lowest BCUT2D eigenvalue weighted by Gasteiger charge is -2.03. The van der Waals surface area contributed by atoms with Crippen LogP contribution in [0.15, 0.2) is 15.9 Å². The quantitative estimate of drug-likeness (QED) is 0.731. The first-order chi connectivity index (χ1) is 5.72. The van der Waals surface area contributed by atoms with Gasteiger partial charge < -0.3 is 9.52 Å². The average molecular weight is 187 g/mol. The fourth-order valence-electron chi connectivity index (χ4n) is 0.684. The normalized spacial score (nSPS) is 13.2. The first-order valence-electron chi connectivity index (χ1n) is 3.95. The van der Waals surface area contributed by atoms with E-state index in [1.807, 2.05) is 13.8 Å². The molecule has 4 heteroatoms. The van der Waals surface area contributed by atoms with Crippen molar-refractivity contribution in [2.45, 2.75) is 31.6 Å². The van der Waals surface area contributed by atoms with E-state index in [1.165, 1.54) is 11.8 Å². The fraction of sp³-hybridized carbons (Fsp3) is 0.625. The van der Waals surface area contributed by atoms with Crippen LogP contribution in [0.2, 0.25) is 0 Å². The van der Waals surface area contributed by atoms with Gasteiger partial charge in [-0.15, -0.1) is 0 Å². The Bertz CT molecular complexity index is 237. The molecule has 3 nitrogen and oxygen atoms in total. The van der Waals surface area contributed by atoms with Gasteiger partial charge in [-0.2, -0.15) is 0 Å². The third-order valence-electron chi connectivity index (χ3n) is 1.47. The first kappa shape index (κ1) is 9.61. The van der Waals surface area contributed by atoms with E-state index in [-0.39, 0.29) is 6.10 Å². The van der Waals surface area contributed by atoms with Crippen LogP contribution in [0.25, 0.3) is 0 Å². The van der Waals surface area contributed by atoms with E-state index < -0.39 is 0 Å². The third-order valence-corrected chi connectivity index (χ3v) is 2.45. The zero-order valence-electron chi connectivity index (χ0n) is 7.28. The summed E-state index contributed by atoms with van der Waals surface area (Å²) < 4.78 is 5.10. The highest BCUT2D eigenvalue weighted by atomic mass is 32.2. The van der Waals surface area contributed by atoms with Gasteiger partial charge in [-0.3, -0.25) is 0 Å². The Morgan fingerprint density at radius 2 is 2.50 bits per heavy atom. The van der Waals surface area contributed by atoms with Crippen LogP contribution in [-0.2, 0) is 0 Å². The smallest absolute Gasteiger partial charge is 0.255 e. The number of oxazole rings is 1. The lowest BCUT2D eigenvalue weighted by Crippen LogP contribution is -2.07. The van der Waals surface area contributed by atoms with Gasteiger partial charge in [-0.05, 0) is 13.3 Å². The lowest BCUT2D eigenvalue weighted by atomic mass is 10.3. The zero-order chi connectivity index (χ0) is 8.97. The molecule has 0 amide bonds. The van der Waals surface area contributed by atoms with Crippen molar-refractivity contribution in [2.75, 3.05) is 5.75 Å². The summed E-state index contributed by atoms with van der Waals surface area (Å²) >= 11 is 1.45. The molecule has 0 fully saturated rings. The number of aryl methyl sites for hydroxylation is 1. The molecule has 1 rings (SSSR count). The summed E-state index contributed by atoms with van der Waals surface area (Å²) in [5.74, 6) is 0.649. The lowest BCUT2D eigenvalue weighted by molar-refractivity contribution is 0.195. The highest BCUT2D eigenvalue weighted by molar-refractivity contribution is 7.99. The van der Waals surface area contributed by atoms with Crippen LogP contribution in [0.5, 0.6) is 0 Å². The maximum absolute atomic E-state index is 9.24. The van der Waals surface area contributed by atoms with Crippen molar-refractivity contribution in [1.29, 1.82) is 0 Å². The van der Waals surface area contributed by atoms with Crippen LogP contribution in [-0.4, -0.2) is 21.9 Å². The molecule has 0 bridgehead atoms. The largest absolute Gasteiger partial charge is 0.440 e. The molecule has 0 radical (unpaired) electrons. The van der Waals surface area contributed by atoms with Crippen molar-refractivity contribution in [3.63, 3.8) is 0 Å². The molecule has 0 saturated carbocycles. The minimum absolute atomic E-state index is 0.262. The van der Waals surface area contributed by atoms with Crippen molar-refractivity contribution in [3.8, 4) is 0 Å². The summed E-state index contributed by atoms with van der Waals surface area (Å²) in [5.41, 5.74) is 0.878. The molecule has 1 aromatic rings. The van der Waals surface area contributed by atoms with E-state index >= 15 is 0 Å². The Labute approximate surface area is 76.2 Å². The van der Waals surface area contributed by atoms with E-state index in [9.17, 15) is 5.11 Å². The van der Waals surface area contributed by atoms with E-state index in [1.54, 1.807) is 6.26 Å². The number of aliphatic hydroxyl groups is 1. The molecule has 0 aromatic carbocycles. The molecule has 0 aliphatic heterocycles. The van der Waals surface area contributed by atoms with Gasteiger partial charge in [0, 0.05) is 5.75 Å². The summed E-state index contributed by atoms with van der Waals surface area (Å²) in [5, 5.41) is 9.87. The number of hydrogen-bond acceptors (Lipinski definition) is 4. The van der Waals surface area contributed by atoms with Crippen molar-refractivity contribution < 1.29 is 9.52 Å². The van der Waals surface area contributed by atoms with Crippen LogP contribution in [0.4, 0.5) is 0 Å². The molecule has 0 spiro atoms. The van der Waals surface area contributed by atoms with E-state index in [0.717, 1.165) is 12.1 Å². The second-order valence-corrected chi connectivity index (χ2v) is 3.60. The summed E-state index contributed by atoms with van der Waals surface area (Å²) in [7, 11) is 0. The Kier molecular flexibility index (Phi) is 3.62. The number of thioether (sulfide) groups is 1. The molecule has 12 heavy (non-hydrogen) atoms. The van der Waals surface area contributed by atoms with Gasteiger partial charge in [-0.1, -0.05) is 18.7 Å². The van der Waals surface area contributed by atoms with Gasteiger partial charge in [0.1, 0.15) is 6.26 Å². The molecule has 0 aliphatic rings. The van der Waals surface area contributed by atoms with Crippen LogP contribution in [0.3, 0.4) is 0 Å². The molecular weight excluding hydrogens is 174 g/mol. The van der Waals surface area contributed by atoms with E-state index in [4.69, 9.17) is 4.42 Å². The van der Waals surface area contributed by atoms with Gasteiger partial charge in [0.2, 0.25) is 0 Å². The highest BCUT2D eigenvalue weighted by Crippen LogP contribution is 2.18. The van der Waals surface area contributed by atoms with Gasteiger partial charge in [0.25, 0.3) is 5.22 Å². The molecule has 68 valence electrons. The van der Waals surface area contributed by atoms with Crippen LogP contribution >= 0.6 is 11.8 Å². The summed E-state index contributed by atoms with van der Waals surface area (Å²) in [6.45, 7) is 3.83. The zero-order valence-corrected chi connectivity index (χ0v) is 8.10. The van der Waals surface area contributed by atoms with Crippen molar-refractivity contribution in [3.05, 3.63) is 12.0 Å². The molecular formula is C8H13NO2S. The van der Waals surface area contributed by atoms with Gasteiger partial charge >= 0.3 is 0 Å². The minimum atomic E-state index is -0.262. The Hall–Kier alpha value is -0.480. The highest BCUT2D eigenvalue weighted by Gasteiger charge is 2.05. The maximum atomic E-state index is 9.24. The Morgan fingerprint density at radius 3 is 3.00 bits per heavy atom. The molecule has 1 aromatic heterocycles. The van der Waals surface area contributed by atoms with Gasteiger partial charge in [-0.25, -0.2) is 4.98 Å². The van der Waals surface area contributed by atoms with E-state index in [0.29, 0.717) is 11.0 Å². The standard InChI is InChI=1S/C8H13NO2S/c1-3-7(10)5-12-8-9-6(2)4-11-8/h4,7,10H,3,5H2,1-2H3. The molecule has 1 N–H and O–H groups in total. The van der Waals surface area contributed by atoms with Gasteiger partial charge in [0.05, 0.1) is 11.8 Å². The topological polar surface area (TPSA) is 46.3 Å². The van der Waals surface area contributed by atoms with Gasteiger partial charge in [0.15, 0.2) is 0 Å². The predicted octanol–water partition coefficient (Wildman–Crippen LogP) is 1.85. The molecule has 1 unspecified atom stereocenters. The summed E-state index contributed by atoms with van der Waals surface area (Å²) in [4.78, 5) is 4.10. The predicted molar refractivity (Wildman–Crippen MR) is 48.3 cm³/mol. The Balaban J connectivity index is 2.33. The SMILES string of the molecule is CCC(O)CSc1nc(C)co1. The number of aliphatic hydroxyl groups excluding tert-OH is 1. The molecule has 0 aliphatic carbocycles. The van der Waals surface area contributed by atoms with Crippen molar-refractivity contribution in [2.24, 2.45) is 0 Å². The number of aromatic nitrogens is 1. The molecule has 0 saturated heterocycles. The summed E-state index contributed by atoms with van der Waals surface area (Å²) in [6, 6.07) is 0. The number of rotatable bonds is 4. The minimum Gasteiger partial charge on any atom is -0.440 e. The van der Waals surface area contributed by atoms with Crippen molar-refractivity contribution >= 4 is 11.8 Å². The fourth-order valence-corrected chi connectivity index (χ4v) is 1.58. The number of nitrogens with zero attached hydrogens (tertiary/aromatic N) is 1. The molecule has 1 heterocycles.